The maximum Gasteiger partial charge on any atom is 0.158 e. The quantitative estimate of drug-likeness (QED) is 0.591. The Morgan fingerprint density at radius 1 is 0.611 bits per heavy atom. The summed E-state index contributed by atoms with van der Waals surface area (Å²) in [6, 6.07) is 18.8. The lowest BCUT2D eigenvalue weighted by Gasteiger charge is -1.97. The minimum Gasteiger partial charge on any atom is -0.136 e. The van der Waals surface area contributed by atoms with Gasteiger partial charge in [-0.15, -0.1) is 10.2 Å². The van der Waals surface area contributed by atoms with Crippen molar-refractivity contribution in [3.63, 3.8) is 0 Å². The van der Waals surface area contributed by atoms with Gasteiger partial charge in [-0.05, 0) is 0 Å². The highest BCUT2D eigenvalue weighted by Crippen LogP contribution is 2.08. The molecule has 0 saturated carbocycles. The molecule has 2 nitrogen and oxygen atoms in total. The highest BCUT2D eigenvalue weighted by Gasteiger charge is 2.00. The van der Waals surface area contributed by atoms with E-state index < -0.39 is 0 Å². The van der Waals surface area contributed by atoms with Gasteiger partial charge in [0.25, 0.3) is 0 Å². The van der Waals surface area contributed by atoms with Crippen LogP contribution in [0.25, 0.3) is 0 Å². The van der Waals surface area contributed by atoms with Gasteiger partial charge < -0.3 is 0 Å². The van der Waals surface area contributed by atoms with E-state index in [0.717, 1.165) is 11.1 Å². The van der Waals surface area contributed by atoms with Crippen LogP contribution in [-0.2, 0) is 0 Å². The van der Waals surface area contributed by atoms with Crippen molar-refractivity contribution in [1.29, 1.82) is 0 Å². The second-order valence-electron chi connectivity index (χ2n) is 3.51. The lowest BCUT2D eigenvalue weighted by atomic mass is 10.2. The summed E-state index contributed by atoms with van der Waals surface area (Å²) in [7, 11) is 0. The van der Waals surface area contributed by atoms with Gasteiger partial charge in [-0.25, -0.2) is 0 Å². The molecule has 0 N–H and O–H groups in total. The fraction of sp³-hybridized carbons (Fsp3) is 0. The molecule has 2 aromatic rings. The average molecular weight is 277 g/mol. The van der Waals surface area contributed by atoms with E-state index in [9.17, 15) is 0 Å². The van der Waals surface area contributed by atoms with Gasteiger partial charge in [-0.3, -0.25) is 0 Å². The van der Waals surface area contributed by atoms with Gasteiger partial charge in [0, 0.05) is 11.1 Å². The molecule has 0 fully saturated rings. The van der Waals surface area contributed by atoms with Gasteiger partial charge >= 0.3 is 0 Å². The number of hydrogen-bond donors (Lipinski definition) is 0. The van der Waals surface area contributed by atoms with E-state index in [1.54, 1.807) is 0 Å². The van der Waals surface area contributed by atoms with E-state index in [1.807, 2.05) is 60.7 Å². The van der Waals surface area contributed by atoms with E-state index in [-0.39, 0.29) is 0 Å². The Kier molecular flexibility index (Phi) is 4.51. The first kappa shape index (κ1) is 12.8. The Hall–Kier alpha value is -1.64. The maximum absolute atomic E-state index is 6.02. The van der Waals surface area contributed by atoms with Crippen molar-refractivity contribution in [2.24, 2.45) is 10.2 Å². The molecule has 90 valence electrons. The minimum absolute atomic E-state index is 0.310. The summed E-state index contributed by atoms with van der Waals surface area (Å²) in [5.74, 6) is 0. The molecule has 0 atom stereocenters. The van der Waals surface area contributed by atoms with Crippen LogP contribution in [0.1, 0.15) is 11.1 Å². The van der Waals surface area contributed by atoms with E-state index in [1.165, 1.54) is 0 Å². The third kappa shape index (κ3) is 3.42. The lowest BCUT2D eigenvalue weighted by molar-refractivity contribution is 1.25. The molecule has 4 heteroatoms. The fourth-order valence-corrected chi connectivity index (χ4v) is 1.68. The molecule has 0 aliphatic carbocycles. The molecule has 0 amide bonds. The van der Waals surface area contributed by atoms with Gasteiger partial charge in [-0.1, -0.05) is 83.9 Å². The molecular formula is C14H10Cl2N2. The molecular weight excluding hydrogens is 267 g/mol. The van der Waals surface area contributed by atoms with Gasteiger partial charge in [0.2, 0.25) is 0 Å². The van der Waals surface area contributed by atoms with E-state index in [0.29, 0.717) is 10.3 Å². The van der Waals surface area contributed by atoms with Crippen molar-refractivity contribution in [2.45, 2.75) is 0 Å². The molecule has 0 aliphatic heterocycles. The van der Waals surface area contributed by atoms with Crippen molar-refractivity contribution in [3.05, 3.63) is 71.8 Å². The molecule has 2 aromatic carbocycles. The first-order chi connectivity index (χ1) is 8.77. The van der Waals surface area contributed by atoms with Crippen LogP contribution in [0.15, 0.2) is 70.9 Å². The number of halogens is 2. The number of rotatable bonds is 3. The molecule has 0 unspecified atom stereocenters. The number of hydrogen-bond acceptors (Lipinski definition) is 2. The first-order valence-electron chi connectivity index (χ1n) is 5.35. The summed E-state index contributed by atoms with van der Waals surface area (Å²) < 4.78 is 0. The summed E-state index contributed by atoms with van der Waals surface area (Å²) in [5.41, 5.74) is 1.61. The summed E-state index contributed by atoms with van der Waals surface area (Å²) in [4.78, 5) is 0. The smallest absolute Gasteiger partial charge is 0.136 e. The summed E-state index contributed by atoms with van der Waals surface area (Å²) in [6.45, 7) is 0. The zero-order chi connectivity index (χ0) is 12.8. The molecule has 0 aromatic heterocycles. The van der Waals surface area contributed by atoms with Crippen LogP contribution in [0.5, 0.6) is 0 Å². The van der Waals surface area contributed by atoms with Gasteiger partial charge in [0.05, 0.1) is 0 Å². The van der Waals surface area contributed by atoms with Crippen molar-refractivity contribution < 1.29 is 0 Å². The van der Waals surface area contributed by atoms with Crippen molar-refractivity contribution in [3.8, 4) is 0 Å². The average Bonchev–Trinajstić information content (AvgIpc) is 2.46. The van der Waals surface area contributed by atoms with Gasteiger partial charge in [0.1, 0.15) is 0 Å². The predicted octanol–water partition coefficient (Wildman–Crippen LogP) is 4.27. The van der Waals surface area contributed by atoms with Crippen molar-refractivity contribution >= 4 is 33.5 Å². The largest absolute Gasteiger partial charge is 0.158 e. The summed E-state index contributed by atoms with van der Waals surface area (Å²) in [5, 5.41) is 8.44. The standard InChI is InChI=1S/C14H10Cl2N2/c15-13(11-7-3-1-4-8-11)17-18-14(16)12-9-5-2-6-10-12/h1-10H. The Morgan fingerprint density at radius 2 is 0.944 bits per heavy atom. The summed E-state index contributed by atoms with van der Waals surface area (Å²) >= 11 is 12.0. The molecule has 0 aliphatic rings. The Morgan fingerprint density at radius 3 is 1.28 bits per heavy atom. The number of benzene rings is 2. The Labute approximate surface area is 116 Å². The monoisotopic (exact) mass is 276 g/mol. The second kappa shape index (κ2) is 6.34. The summed E-state index contributed by atoms with van der Waals surface area (Å²) in [6.07, 6.45) is 0. The van der Waals surface area contributed by atoms with Crippen molar-refractivity contribution in [1.82, 2.24) is 0 Å². The van der Waals surface area contributed by atoms with Crippen LogP contribution in [0, 0.1) is 0 Å². The van der Waals surface area contributed by atoms with Gasteiger partial charge in [-0.2, -0.15) is 0 Å². The fourth-order valence-electron chi connectivity index (χ4n) is 1.35. The SMILES string of the molecule is ClC(=NN=C(Cl)c1ccccc1)c1ccccc1. The van der Waals surface area contributed by atoms with E-state index >= 15 is 0 Å². The van der Waals surface area contributed by atoms with Crippen LogP contribution in [0.4, 0.5) is 0 Å². The van der Waals surface area contributed by atoms with Crippen LogP contribution in [0.3, 0.4) is 0 Å². The maximum atomic E-state index is 6.02. The van der Waals surface area contributed by atoms with E-state index in [4.69, 9.17) is 23.2 Å². The zero-order valence-corrected chi connectivity index (χ0v) is 10.9. The minimum atomic E-state index is 0.310. The van der Waals surface area contributed by atoms with Crippen LogP contribution >= 0.6 is 23.2 Å². The third-order valence-electron chi connectivity index (χ3n) is 2.25. The highest BCUT2D eigenvalue weighted by molar-refractivity contribution is 6.71. The second-order valence-corrected chi connectivity index (χ2v) is 4.23. The predicted molar refractivity (Wildman–Crippen MR) is 77.7 cm³/mol. The van der Waals surface area contributed by atoms with Gasteiger partial charge in [0.15, 0.2) is 10.3 Å². The van der Waals surface area contributed by atoms with Crippen LogP contribution < -0.4 is 0 Å². The zero-order valence-electron chi connectivity index (χ0n) is 9.42. The topological polar surface area (TPSA) is 24.7 Å². The molecule has 0 heterocycles. The lowest BCUT2D eigenvalue weighted by Crippen LogP contribution is -1.92. The first-order valence-corrected chi connectivity index (χ1v) is 6.10. The molecule has 18 heavy (non-hydrogen) atoms. The van der Waals surface area contributed by atoms with Crippen LogP contribution in [-0.4, -0.2) is 10.3 Å². The van der Waals surface area contributed by atoms with Crippen LogP contribution in [0.2, 0.25) is 0 Å². The molecule has 0 radical (unpaired) electrons. The Bertz CT molecular complexity index is 509. The Balaban J connectivity index is 2.20. The molecule has 2 rings (SSSR count). The van der Waals surface area contributed by atoms with E-state index in [2.05, 4.69) is 10.2 Å². The number of nitrogens with zero attached hydrogens (tertiary/aromatic N) is 2. The highest BCUT2D eigenvalue weighted by atomic mass is 35.5. The molecule has 0 spiro atoms. The molecule has 0 bridgehead atoms. The van der Waals surface area contributed by atoms with Crippen molar-refractivity contribution in [2.75, 3.05) is 0 Å². The molecule has 0 saturated heterocycles. The third-order valence-corrected chi connectivity index (χ3v) is 2.84. The normalized spacial score (nSPS) is 12.6.